The van der Waals surface area contributed by atoms with E-state index in [4.69, 9.17) is 33.2 Å². The Hall–Kier alpha value is -1.50. The first-order valence-electron chi connectivity index (χ1n) is 10.9. The monoisotopic (exact) mass is 467 g/mol. The number of hydrogen-bond acceptors (Lipinski definition) is 10. The highest BCUT2D eigenvalue weighted by Gasteiger charge is 2.15. The van der Waals surface area contributed by atoms with Crippen LogP contribution in [0.3, 0.4) is 0 Å². The molecule has 0 aliphatic carbocycles. The Balaban J connectivity index is 3.14. The van der Waals surface area contributed by atoms with Crippen LogP contribution in [0.5, 0.6) is 0 Å². The van der Waals surface area contributed by atoms with Crippen LogP contribution in [0.15, 0.2) is 0 Å². The molecule has 0 aromatic carbocycles. The van der Waals surface area contributed by atoms with E-state index in [9.17, 15) is 9.59 Å². The van der Waals surface area contributed by atoms with Gasteiger partial charge in [-0.2, -0.15) is 0 Å². The van der Waals surface area contributed by atoms with Gasteiger partial charge in [-0.25, -0.2) is 4.79 Å². The van der Waals surface area contributed by atoms with Gasteiger partial charge in [0.15, 0.2) is 0 Å². The second kappa shape index (κ2) is 21.4. The lowest BCUT2D eigenvalue weighted by molar-refractivity contribution is -0.141. The summed E-state index contributed by atoms with van der Waals surface area (Å²) in [5, 5.41) is 2.61. The third-order valence-electron chi connectivity index (χ3n) is 3.45. The summed E-state index contributed by atoms with van der Waals surface area (Å²) in [4.78, 5) is 22.3. The number of amides is 1. The highest BCUT2D eigenvalue weighted by Crippen LogP contribution is 2.06. The summed E-state index contributed by atoms with van der Waals surface area (Å²) in [6.07, 6.45) is -0.210. The lowest BCUT2D eigenvalue weighted by atomic mass is 10.2. The number of ether oxygens (including phenoxy) is 8. The minimum absolute atomic E-state index is 0.244. The maximum absolute atomic E-state index is 11.4. The molecule has 0 fully saturated rings. The molecular formula is C21H41NO10. The summed E-state index contributed by atoms with van der Waals surface area (Å²) >= 11 is 0. The number of carbonyl (C=O) groups is 2. The number of esters is 1. The molecule has 0 aromatic heterocycles. The number of methoxy groups -OCH3 is 1. The van der Waals surface area contributed by atoms with E-state index in [0.29, 0.717) is 85.8 Å². The highest BCUT2D eigenvalue weighted by atomic mass is 16.6. The zero-order valence-electron chi connectivity index (χ0n) is 20.0. The SMILES string of the molecule is COC(=O)CCOCCOCCOCCOCCOCCOCCNC(=O)OC(C)(C)C. The van der Waals surface area contributed by atoms with Gasteiger partial charge in [-0.05, 0) is 20.8 Å². The van der Waals surface area contributed by atoms with Crippen LogP contribution in [0, 0.1) is 0 Å². The van der Waals surface area contributed by atoms with Crippen molar-refractivity contribution in [3.8, 4) is 0 Å². The highest BCUT2D eigenvalue weighted by molar-refractivity contribution is 5.69. The van der Waals surface area contributed by atoms with E-state index >= 15 is 0 Å². The van der Waals surface area contributed by atoms with Crippen molar-refractivity contribution >= 4 is 12.1 Å². The zero-order chi connectivity index (χ0) is 23.9. The maximum atomic E-state index is 11.4. The Morgan fingerprint density at radius 3 is 1.38 bits per heavy atom. The molecule has 32 heavy (non-hydrogen) atoms. The summed E-state index contributed by atoms with van der Waals surface area (Å²) in [5.74, 6) is -0.288. The van der Waals surface area contributed by atoms with Crippen molar-refractivity contribution in [3.63, 3.8) is 0 Å². The van der Waals surface area contributed by atoms with E-state index in [-0.39, 0.29) is 12.4 Å². The minimum atomic E-state index is -0.508. The number of hydrogen-bond donors (Lipinski definition) is 1. The predicted octanol–water partition coefficient (Wildman–Crippen LogP) is 1.17. The molecule has 0 aliphatic heterocycles. The normalized spacial score (nSPS) is 11.4. The Bertz CT molecular complexity index is 456. The summed E-state index contributed by atoms with van der Waals surface area (Å²) in [7, 11) is 1.35. The molecule has 0 unspecified atom stereocenters. The summed E-state index contributed by atoms with van der Waals surface area (Å²) in [6, 6.07) is 0. The first-order valence-corrected chi connectivity index (χ1v) is 10.9. The smallest absolute Gasteiger partial charge is 0.407 e. The second-order valence-corrected chi connectivity index (χ2v) is 7.43. The lowest BCUT2D eigenvalue weighted by Crippen LogP contribution is -2.34. The molecule has 0 aromatic rings. The van der Waals surface area contributed by atoms with Crippen molar-refractivity contribution in [1.82, 2.24) is 5.32 Å². The van der Waals surface area contributed by atoms with Gasteiger partial charge in [0, 0.05) is 6.54 Å². The van der Waals surface area contributed by atoms with Crippen molar-refractivity contribution in [2.75, 3.05) is 92.9 Å². The summed E-state index contributed by atoms with van der Waals surface area (Å²) in [6.45, 7) is 11.1. The van der Waals surface area contributed by atoms with Crippen LogP contribution in [-0.2, 0) is 42.7 Å². The molecule has 0 atom stereocenters. The quantitative estimate of drug-likeness (QED) is 0.195. The third kappa shape index (κ3) is 24.8. The largest absolute Gasteiger partial charge is 0.469 e. The molecule has 0 saturated heterocycles. The van der Waals surface area contributed by atoms with Gasteiger partial charge in [0.1, 0.15) is 5.60 Å². The van der Waals surface area contributed by atoms with Crippen LogP contribution < -0.4 is 5.32 Å². The Kier molecular flexibility index (Phi) is 20.4. The van der Waals surface area contributed by atoms with Crippen LogP contribution in [0.25, 0.3) is 0 Å². The van der Waals surface area contributed by atoms with Gasteiger partial charge in [0.2, 0.25) is 0 Å². The van der Waals surface area contributed by atoms with Crippen LogP contribution >= 0.6 is 0 Å². The van der Waals surface area contributed by atoms with Crippen LogP contribution in [0.1, 0.15) is 27.2 Å². The molecule has 11 nitrogen and oxygen atoms in total. The average molecular weight is 468 g/mol. The first kappa shape index (κ1) is 30.5. The van der Waals surface area contributed by atoms with E-state index in [1.165, 1.54) is 7.11 Å². The van der Waals surface area contributed by atoms with Gasteiger partial charge in [-0.15, -0.1) is 0 Å². The molecule has 11 heteroatoms. The van der Waals surface area contributed by atoms with Crippen molar-refractivity contribution in [2.24, 2.45) is 0 Å². The molecule has 0 saturated carbocycles. The number of alkyl carbamates (subject to hydrolysis) is 1. The lowest BCUT2D eigenvalue weighted by Gasteiger charge is -2.19. The van der Waals surface area contributed by atoms with E-state index in [0.717, 1.165) is 0 Å². The standard InChI is InChI=1S/C21H41NO10/c1-21(2,3)32-20(24)22-6-8-27-10-12-29-14-16-31-18-17-30-15-13-28-11-9-26-7-5-19(23)25-4/h5-18H2,1-4H3,(H,22,24). The third-order valence-corrected chi connectivity index (χ3v) is 3.45. The number of nitrogens with one attached hydrogen (secondary N) is 1. The molecule has 0 heterocycles. The van der Waals surface area contributed by atoms with Crippen LogP contribution in [0.4, 0.5) is 4.79 Å². The molecule has 1 amide bonds. The Labute approximate surface area is 191 Å². The van der Waals surface area contributed by atoms with Gasteiger partial charge >= 0.3 is 12.1 Å². The zero-order valence-corrected chi connectivity index (χ0v) is 20.0. The van der Waals surface area contributed by atoms with Gasteiger partial charge in [0.25, 0.3) is 0 Å². The molecule has 0 spiro atoms. The van der Waals surface area contributed by atoms with Crippen molar-refractivity contribution < 1.29 is 47.5 Å². The maximum Gasteiger partial charge on any atom is 0.407 e. The Morgan fingerprint density at radius 1 is 0.625 bits per heavy atom. The fourth-order valence-electron chi connectivity index (χ4n) is 2.00. The number of rotatable bonds is 21. The minimum Gasteiger partial charge on any atom is -0.469 e. The van der Waals surface area contributed by atoms with Gasteiger partial charge < -0.3 is 43.2 Å². The van der Waals surface area contributed by atoms with Gasteiger partial charge in [-0.1, -0.05) is 0 Å². The Morgan fingerprint density at radius 2 is 1.00 bits per heavy atom. The molecule has 0 aliphatic rings. The van der Waals surface area contributed by atoms with Crippen molar-refractivity contribution in [2.45, 2.75) is 32.8 Å². The molecule has 0 rings (SSSR count). The number of carbonyl (C=O) groups excluding carboxylic acids is 2. The van der Waals surface area contributed by atoms with Crippen LogP contribution in [0.2, 0.25) is 0 Å². The fourth-order valence-corrected chi connectivity index (χ4v) is 2.00. The predicted molar refractivity (Wildman–Crippen MR) is 116 cm³/mol. The van der Waals surface area contributed by atoms with E-state index in [2.05, 4.69) is 10.1 Å². The van der Waals surface area contributed by atoms with Crippen LogP contribution in [-0.4, -0.2) is 111 Å². The van der Waals surface area contributed by atoms with Gasteiger partial charge in [-0.3, -0.25) is 4.79 Å². The van der Waals surface area contributed by atoms with E-state index in [1.54, 1.807) is 0 Å². The summed E-state index contributed by atoms with van der Waals surface area (Å²) in [5.41, 5.74) is -0.508. The van der Waals surface area contributed by atoms with Gasteiger partial charge in [0.05, 0.1) is 92.8 Å². The fraction of sp³-hybridized carbons (Fsp3) is 0.905. The van der Waals surface area contributed by atoms with Crippen molar-refractivity contribution in [1.29, 1.82) is 0 Å². The average Bonchev–Trinajstić information content (AvgIpc) is 2.73. The molecule has 190 valence electrons. The topological polar surface area (TPSA) is 120 Å². The molecule has 1 N–H and O–H groups in total. The van der Waals surface area contributed by atoms with E-state index < -0.39 is 11.7 Å². The summed E-state index contributed by atoms with van der Waals surface area (Å²) < 4.78 is 41.7. The first-order chi connectivity index (χ1) is 15.3. The van der Waals surface area contributed by atoms with E-state index in [1.807, 2.05) is 20.8 Å². The molecule has 0 bridgehead atoms. The second-order valence-electron chi connectivity index (χ2n) is 7.43. The van der Waals surface area contributed by atoms with Crippen molar-refractivity contribution in [3.05, 3.63) is 0 Å². The molecular weight excluding hydrogens is 426 g/mol. The molecule has 0 radical (unpaired) electrons.